The minimum absolute atomic E-state index is 0.00721. The van der Waals surface area contributed by atoms with Crippen LogP contribution in [0.4, 0.5) is 5.69 Å². The molecule has 0 atom stereocenters. The average Bonchev–Trinajstić information content (AvgIpc) is 2.48. The van der Waals surface area contributed by atoms with Crippen LogP contribution in [0.3, 0.4) is 0 Å². The van der Waals surface area contributed by atoms with Crippen LogP contribution in [0.5, 0.6) is 0 Å². The summed E-state index contributed by atoms with van der Waals surface area (Å²) in [7, 11) is 0. The fraction of sp³-hybridized carbons (Fsp3) is 0.316. The van der Waals surface area contributed by atoms with Crippen LogP contribution in [-0.4, -0.2) is 5.91 Å². The van der Waals surface area contributed by atoms with Crippen molar-refractivity contribution in [1.82, 2.24) is 0 Å². The highest BCUT2D eigenvalue weighted by Gasteiger charge is 2.12. The van der Waals surface area contributed by atoms with Gasteiger partial charge in [-0.1, -0.05) is 61.3 Å². The predicted octanol–water partition coefficient (Wildman–Crippen LogP) is 6.00. The molecule has 4 heteroatoms. The topological polar surface area (TPSA) is 29.1 Å². The molecule has 0 heterocycles. The van der Waals surface area contributed by atoms with Gasteiger partial charge in [-0.3, -0.25) is 4.79 Å². The molecule has 0 aliphatic rings. The van der Waals surface area contributed by atoms with Crippen LogP contribution in [0.15, 0.2) is 36.4 Å². The molecular weight excluding hydrogens is 329 g/mol. The van der Waals surface area contributed by atoms with Gasteiger partial charge < -0.3 is 5.32 Å². The summed E-state index contributed by atoms with van der Waals surface area (Å²) >= 11 is 12.0. The molecule has 0 aliphatic carbocycles. The summed E-state index contributed by atoms with van der Waals surface area (Å²) in [6, 6.07) is 11.5. The molecule has 1 amide bonds. The quantitative estimate of drug-likeness (QED) is 0.704. The van der Waals surface area contributed by atoms with Gasteiger partial charge in [0.05, 0.1) is 0 Å². The third-order valence-corrected chi connectivity index (χ3v) is 4.41. The lowest BCUT2D eigenvalue weighted by Gasteiger charge is -2.16. The summed E-state index contributed by atoms with van der Waals surface area (Å²) in [6.07, 6.45) is 0.970. The van der Waals surface area contributed by atoms with E-state index >= 15 is 0 Å². The van der Waals surface area contributed by atoms with Crippen molar-refractivity contribution in [3.8, 4) is 0 Å². The van der Waals surface area contributed by atoms with Crippen molar-refractivity contribution >= 4 is 34.8 Å². The minimum Gasteiger partial charge on any atom is -0.326 e. The zero-order chi connectivity index (χ0) is 17.0. The third-order valence-electron chi connectivity index (χ3n) is 3.83. The van der Waals surface area contributed by atoms with E-state index in [-0.39, 0.29) is 5.91 Å². The van der Waals surface area contributed by atoms with E-state index in [0.717, 1.165) is 22.4 Å². The summed E-state index contributed by atoms with van der Waals surface area (Å²) in [5.74, 6) is 0.350. The Labute approximate surface area is 147 Å². The maximum Gasteiger partial charge on any atom is 0.224 e. The Hall–Kier alpha value is -1.51. The molecule has 2 aromatic carbocycles. The lowest BCUT2D eigenvalue weighted by molar-refractivity contribution is -0.116. The summed E-state index contributed by atoms with van der Waals surface area (Å²) in [5, 5.41) is 4.26. The first-order valence-electron chi connectivity index (χ1n) is 7.71. The van der Waals surface area contributed by atoms with Crippen LogP contribution in [0.1, 0.15) is 42.9 Å². The van der Waals surface area contributed by atoms with Gasteiger partial charge in [-0.25, -0.2) is 0 Å². The van der Waals surface area contributed by atoms with Gasteiger partial charge in [0.1, 0.15) is 0 Å². The van der Waals surface area contributed by atoms with Gasteiger partial charge in [0.2, 0.25) is 5.91 Å². The molecule has 0 spiro atoms. The van der Waals surface area contributed by atoms with Gasteiger partial charge in [0.15, 0.2) is 0 Å². The molecule has 23 heavy (non-hydrogen) atoms. The molecule has 0 fully saturated rings. The van der Waals surface area contributed by atoms with E-state index in [4.69, 9.17) is 23.2 Å². The number of aryl methyl sites for hydroxylation is 2. The third kappa shape index (κ3) is 4.73. The average molecular weight is 350 g/mol. The largest absolute Gasteiger partial charge is 0.326 e. The van der Waals surface area contributed by atoms with Crippen molar-refractivity contribution in [2.24, 2.45) is 0 Å². The Balaban J connectivity index is 2.06. The summed E-state index contributed by atoms with van der Waals surface area (Å²) in [5.41, 5.74) is 4.09. The number of benzene rings is 2. The smallest absolute Gasteiger partial charge is 0.224 e. The number of rotatable bonds is 5. The molecule has 1 N–H and O–H groups in total. The lowest BCUT2D eigenvalue weighted by Crippen LogP contribution is -2.15. The van der Waals surface area contributed by atoms with Crippen molar-refractivity contribution in [2.45, 2.75) is 39.5 Å². The van der Waals surface area contributed by atoms with Gasteiger partial charge in [-0.2, -0.15) is 0 Å². The van der Waals surface area contributed by atoms with Gasteiger partial charge in [-0.05, 0) is 48.1 Å². The molecule has 0 aromatic heterocycles. The van der Waals surface area contributed by atoms with Crippen molar-refractivity contribution in [2.75, 3.05) is 5.32 Å². The maximum absolute atomic E-state index is 12.3. The summed E-state index contributed by atoms with van der Waals surface area (Å²) < 4.78 is 0. The molecule has 0 saturated carbocycles. The van der Waals surface area contributed by atoms with Crippen LogP contribution < -0.4 is 5.32 Å². The highest BCUT2D eigenvalue weighted by molar-refractivity contribution is 6.35. The number of nitrogens with one attached hydrogen (secondary N) is 1. The van der Waals surface area contributed by atoms with Gasteiger partial charge in [0.25, 0.3) is 0 Å². The van der Waals surface area contributed by atoms with E-state index in [1.54, 1.807) is 12.1 Å². The molecule has 2 rings (SSSR count). The minimum atomic E-state index is -0.00721. The number of hydrogen-bond donors (Lipinski definition) is 1. The zero-order valence-electron chi connectivity index (χ0n) is 13.6. The van der Waals surface area contributed by atoms with Crippen molar-refractivity contribution < 1.29 is 4.79 Å². The molecular formula is C19H21Cl2NO. The maximum atomic E-state index is 12.3. The van der Waals surface area contributed by atoms with E-state index < -0.39 is 0 Å². The Bertz CT molecular complexity index is 711. The number of halogens is 2. The molecule has 0 bridgehead atoms. The highest BCUT2D eigenvalue weighted by atomic mass is 35.5. The SMILES string of the molecule is Cc1cccc(C(C)C)c1NC(=O)CCc1ccc(Cl)cc1Cl. The van der Waals surface area contributed by atoms with E-state index in [0.29, 0.717) is 28.8 Å². The van der Waals surface area contributed by atoms with E-state index in [1.807, 2.05) is 25.1 Å². The van der Waals surface area contributed by atoms with E-state index in [2.05, 4.69) is 25.2 Å². The summed E-state index contributed by atoms with van der Waals surface area (Å²) in [6.45, 7) is 6.26. The first kappa shape index (κ1) is 17.8. The Morgan fingerprint density at radius 2 is 1.91 bits per heavy atom. The molecule has 0 saturated heterocycles. The van der Waals surface area contributed by atoms with Gasteiger partial charge >= 0.3 is 0 Å². The second kappa shape index (κ2) is 7.85. The Morgan fingerprint density at radius 1 is 1.17 bits per heavy atom. The normalized spacial score (nSPS) is 10.9. The lowest BCUT2D eigenvalue weighted by atomic mass is 9.98. The molecule has 122 valence electrons. The van der Waals surface area contributed by atoms with Crippen LogP contribution in [-0.2, 0) is 11.2 Å². The molecule has 0 unspecified atom stereocenters. The molecule has 2 aromatic rings. The molecule has 0 aliphatic heterocycles. The first-order chi connectivity index (χ1) is 10.9. The zero-order valence-corrected chi connectivity index (χ0v) is 15.1. The fourth-order valence-corrected chi connectivity index (χ4v) is 3.02. The van der Waals surface area contributed by atoms with Crippen LogP contribution in [0.2, 0.25) is 10.0 Å². The number of para-hydroxylation sites is 1. The predicted molar refractivity (Wildman–Crippen MR) is 98.7 cm³/mol. The second-order valence-corrected chi connectivity index (χ2v) is 6.82. The monoisotopic (exact) mass is 349 g/mol. The van der Waals surface area contributed by atoms with Crippen molar-refractivity contribution in [3.63, 3.8) is 0 Å². The molecule has 2 nitrogen and oxygen atoms in total. The number of carbonyl (C=O) groups is 1. The highest BCUT2D eigenvalue weighted by Crippen LogP contribution is 2.28. The van der Waals surface area contributed by atoms with Crippen LogP contribution in [0, 0.1) is 6.92 Å². The van der Waals surface area contributed by atoms with E-state index in [1.165, 1.54) is 0 Å². The number of anilines is 1. The van der Waals surface area contributed by atoms with Crippen molar-refractivity contribution in [3.05, 3.63) is 63.1 Å². The number of amides is 1. The van der Waals surface area contributed by atoms with E-state index in [9.17, 15) is 4.79 Å². The second-order valence-electron chi connectivity index (χ2n) is 5.98. The first-order valence-corrected chi connectivity index (χ1v) is 8.47. The van der Waals surface area contributed by atoms with Crippen LogP contribution in [0.25, 0.3) is 0 Å². The summed E-state index contributed by atoms with van der Waals surface area (Å²) in [4.78, 5) is 12.3. The Morgan fingerprint density at radius 3 is 2.57 bits per heavy atom. The standard InChI is InChI=1S/C19H21Cl2NO/c1-12(2)16-6-4-5-13(3)19(16)22-18(23)10-8-14-7-9-15(20)11-17(14)21/h4-7,9,11-12H,8,10H2,1-3H3,(H,22,23). The number of carbonyl (C=O) groups excluding carboxylic acids is 1. The number of hydrogen-bond acceptors (Lipinski definition) is 1. The fourth-order valence-electron chi connectivity index (χ4n) is 2.52. The Kier molecular flexibility index (Phi) is 6.09. The van der Waals surface area contributed by atoms with Crippen molar-refractivity contribution in [1.29, 1.82) is 0 Å². The van der Waals surface area contributed by atoms with Gasteiger partial charge in [-0.15, -0.1) is 0 Å². The van der Waals surface area contributed by atoms with Gasteiger partial charge in [0, 0.05) is 22.2 Å². The van der Waals surface area contributed by atoms with Crippen LogP contribution >= 0.6 is 23.2 Å². The molecule has 0 radical (unpaired) electrons.